The third-order valence-electron chi connectivity index (χ3n) is 7.39. The smallest absolute Gasteiger partial charge is 0.263 e. The molecule has 2 heterocycles. The highest BCUT2D eigenvalue weighted by Gasteiger charge is 2.54. The summed E-state index contributed by atoms with van der Waals surface area (Å²) in [4.78, 5) is 4.43. The lowest BCUT2D eigenvalue weighted by molar-refractivity contribution is 0.0593. The SMILES string of the molecule is Cc1c(C#N)cccc1[C@H](Nc1cc(Cl)c2ncc(C#N)c(NCC(C)(C)C)c2c1)c1cn(C2(C(F)F)CC2)nn1. The van der Waals surface area contributed by atoms with Gasteiger partial charge in [0.25, 0.3) is 6.43 Å². The summed E-state index contributed by atoms with van der Waals surface area (Å²) in [6, 6.07) is 12.7. The molecule has 8 nitrogen and oxygen atoms in total. The molecule has 2 aromatic carbocycles. The van der Waals surface area contributed by atoms with Crippen LogP contribution < -0.4 is 10.6 Å². The van der Waals surface area contributed by atoms with Crippen molar-refractivity contribution < 1.29 is 8.78 Å². The molecule has 0 amide bonds. The van der Waals surface area contributed by atoms with Crippen molar-refractivity contribution in [3.63, 3.8) is 0 Å². The lowest BCUT2D eigenvalue weighted by Crippen LogP contribution is -2.26. The van der Waals surface area contributed by atoms with E-state index in [1.165, 1.54) is 10.9 Å². The van der Waals surface area contributed by atoms with Crippen molar-refractivity contribution in [1.82, 2.24) is 20.0 Å². The Morgan fingerprint density at radius 2 is 1.88 bits per heavy atom. The fourth-order valence-electron chi connectivity index (χ4n) is 4.84. The van der Waals surface area contributed by atoms with Crippen molar-refractivity contribution >= 4 is 33.9 Å². The standard InChI is InChI=1S/C30H29ClF2N8/c1-17-18(12-34)6-5-7-21(17)27(24-15-41(40-39-24)30(8-9-30)28(32)33)38-20-10-22-25(37-16-29(2,3)4)19(13-35)14-36-26(22)23(31)11-20/h5-7,10-11,14-15,27-28,38H,8-9,16H2,1-4H3,(H,36,37)/t27-/m0/s1. The molecule has 1 saturated carbocycles. The molecule has 1 aliphatic rings. The van der Waals surface area contributed by atoms with Crippen molar-refractivity contribution in [1.29, 1.82) is 10.5 Å². The van der Waals surface area contributed by atoms with Crippen molar-refractivity contribution in [2.75, 3.05) is 17.2 Å². The van der Waals surface area contributed by atoms with Crippen LogP contribution >= 0.6 is 11.6 Å². The van der Waals surface area contributed by atoms with E-state index in [1.807, 2.05) is 19.1 Å². The van der Waals surface area contributed by atoms with Crippen LogP contribution in [0.3, 0.4) is 0 Å². The number of hydrogen-bond acceptors (Lipinski definition) is 7. The molecule has 210 valence electrons. The molecule has 11 heteroatoms. The Hall–Kier alpha value is -4.28. The molecule has 0 spiro atoms. The number of nitriles is 2. The van der Waals surface area contributed by atoms with E-state index in [-0.39, 0.29) is 5.41 Å². The summed E-state index contributed by atoms with van der Waals surface area (Å²) in [6.07, 6.45) is 1.14. The van der Waals surface area contributed by atoms with Crippen LogP contribution in [-0.2, 0) is 5.54 Å². The first-order valence-electron chi connectivity index (χ1n) is 13.2. The van der Waals surface area contributed by atoms with E-state index in [0.29, 0.717) is 63.5 Å². The van der Waals surface area contributed by atoms with Gasteiger partial charge in [-0.05, 0) is 54.5 Å². The van der Waals surface area contributed by atoms with Crippen LogP contribution in [0.5, 0.6) is 0 Å². The molecule has 2 N–H and O–H groups in total. The lowest BCUT2D eigenvalue weighted by Gasteiger charge is -2.23. The normalized spacial score (nSPS) is 14.9. The second-order valence-electron chi connectivity index (χ2n) is 11.6. The predicted molar refractivity (Wildman–Crippen MR) is 154 cm³/mol. The van der Waals surface area contributed by atoms with E-state index in [0.717, 1.165) is 11.1 Å². The van der Waals surface area contributed by atoms with Gasteiger partial charge in [-0.25, -0.2) is 13.5 Å². The average Bonchev–Trinajstić information content (AvgIpc) is 3.60. The molecule has 0 saturated heterocycles. The number of aromatic nitrogens is 4. The molecule has 1 fully saturated rings. The zero-order valence-electron chi connectivity index (χ0n) is 23.1. The first-order valence-corrected chi connectivity index (χ1v) is 13.6. The summed E-state index contributed by atoms with van der Waals surface area (Å²) < 4.78 is 28.9. The molecular formula is C30H29ClF2N8. The summed E-state index contributed by atoms with van der Waals surface area (Å²) in [5.41, 5.74) is 3.11. The molecule has 0 unspecified atom stereocenters. The maximum absolute atomic E-state index is 13.8. The minimum Gasteiger partial charge on any atom is -0.383 e. The predicted octanol–water partition coefficient (Wildman–Crippen LogP) is 6.95. The number of fused-ring (bicyclic) bond motifs is 1. The van der Waals surface area contributed by atoms with Gasteiger partial charge in [-0.3, -0.25) is 4.98 Å². The van der Waals surface area contributed by atoms with Crippen molar-refractivity contribution in [3.05, 3.63) is 75.7 Å². The average molecular weight is 575 g/mol. The van der Waals surface area contributed by atoms with E-state index >= 15 is 0 Å². The Bertz CT molecular complexity index is 1710. The zero-order valence-corrected chi connectivity index (χ0v) is 23.9. The van der Waals surface area contributed by atoms with Crippen LogP contribution in [0, 0.1) is 35.0 Å². The van der Waals surface area contributed by atoms with Gasteiger partial charge in [0, 0.05) is 23.8 Å². The van der Waals surface area contributed by atoms with Gasteiger partial charge in [0.05, 0.1) is 45.7 Å². The number of anilines is 2. The molecule has 5 rings (SSSR count). The molecule has 0 bridgehead atoms. The van der Waals surface area contributed by atoms with E-state index in [4.69, 9.17) is 11.6 Å². The van der Waals surface area contributed by atoms with Crippen LogP contribution in [0.15, 0.2) is 42.7 Å². The van der Waals surface area contributed by atoms with Crippen LogP contribution in [0.2, 0.25) is 5.02 Å². The maximum atomic E-state index is 13.8. The Morgan fingerprint density at radius 3 is 2.51 bits per heavy atom. The molecule has 4 aromatic rings. The van der Waals surface area contributed by atoms with Gasteiger partial charge in [0.15, 0.2) is 0 Å². The summed E-state index contributed by atoms with van der Waals surface area (Å²) >= 11 is 6.71. The highest BCUT2D eigenvalue weighted by molar-refractivity contribution is 6.35. The minimum absolute atomic E-state index is 0.0562. The van der Waals surface area contributed by atoms with E-state index in [1.54, 1.807) is 24.4 Å². The van der Waals surface area contributed by atoms with Gasteiger partial charge < -0.3 is 10.6 Å². The van der Waals surface area contributed by atoms with Crippen molar-refractivity contribution in [3.8, 4) is 12.1 Å². The number of halogens is 3. The second-order valence-corrected chi connectivity index (χ2v) is 12.0. The van der Waals surface area contributed by atoms with Gasteiger partial charge in [-0.15, -0.1) is 5.10 Å². The summed E-state index contributed by atoms with van der Waals surface area (Å²) in [7, 11) is 0. The Morgan fingerprint density at radius 1 is 1.15 bits per heavy atom. The second kappa shape index (κ2) is 10.6. The van der Waals surface area contributed by atoms with E-state index in [9.17, 15) is 19.3 Å². The molecule has 0 radical (unpaired) electrons. The number of benzene rings is 2. The van der Waals surface area contributed by atoms with Crippen LogP contribution in [-0.4, -0.2) is 32.9 Å². The quantitative estimate of drug-likeness (QED) is 0.234. The highest BCUT2D eigenvalue weighted by Crippen LogP contribution is 2.48. The summed E-state index contributed by atoms with van der Waals surface area (Å²) in [5, 5.41) is 35.7. The molecular weight excluding hydrogens is 546 g/mol. The number of hydrogen-bond donors (Lipinski definition) is 2. The van der Waals surface area contributed by atoms with Gasteiger partial charge in [0.1, 0.15) is 17.3 Å². The van der Waals surface area contributed by atoms with Crippen LogP contribution in [0.4, 0.5) is 20.2 Å². The maximum Gasteiger partial charge on any atom is 0.263 e. The molecule has 2 aromatic heterocycles. The largest absolute Gasteiger partial charge is 0.383 e. The number of alkyl halides is 2. The number of rotatable bonds is 8. The third-order valence-corrected chi connectivity index (χ3v) is 7.68. The summed E-state index contributed by atoms with van der Waals surface area (Å²) in [5.74, 6) is 0. The molecule has 1 atom stereocenters. The van der Waals surface area contributed by atoms with Crippen LogP contribution in [0.25, 0.3) is 10.9 Å². The van der Waals surface area contributed by atoms with Gasteiger partial charge in [0.2, 0.25) is 0 Å². The Kier molecular flexibility index (Phi) is 7.31. The van der Waals surface area contributed by atoms with Gasteiger partial charge in [-0.2, -0.15) is 10.5 Å². The molecule has 41 heavy (non-hydrogen) atoms. The highest BCUT2D eigenvalue weighted by atomic mass is 35.5. The summed E-state index contributed by atoms with van der Waals surface area (Å²) in [6.45, 7) is 8.70. The zero-order chi connectivity index (χ0) is 29.5. The fourth-order valence-corrected chi connectivity index (χ4v) is 5.11. The number of pyridine rings is 1. The van der Waals surface area contributed by atoms with Crippen molar-refractivity contribution in [2.45, 2.75) is 58.5 Å². The Balaban J connectivity index is 1.63. The van der Waals surface area contributed by atoms with Crippen LogP contribution in [0.1, 0.15) is 67.6 Å². The Labute approximate surface area is 241 Å². The van der Waals surface area contributed by atoms with Crippen molar-refractivity contribution in [2.24, 2.45) is 5.41 Å². The minimum atomic E-state index is -2.56. The first kappa shape index (κ1) is 28.3. The monoisotopic (exact) mass is 574 g/mol. The third kappa shape index (κ3) is 5.40. The number of nitrogens with zero attached hydrogens (tertiary/aromatic N) is 6. The first-order chi connectivity index (χ1) is 19.5. The molecule has 0 aliphatic heterocycles. The number of nitrogens with one attached hydrogen (secondary N) is 2. The lowest BCUT2D eigenvalue weighted by atomic mass is 9.95. The fraction of sp³-hybridized carbons (Fsp3) is 0.367. The molecule has 1 aliphatic carbocycles. The van der Waals surface area contributed by atoms with E-state index < -0.39 is 18.0 Å². The van der Waals surface area contributed by atoms with E-state index in [2.05, 4.69) is 58.8 Å². The van der Waals surface area contributed by atoms with Gasteiger partial charge in [-0.1, -0.05) is 49.7 Å². The topological polar surface area (TPSA) is 115 Å². The van der Waals surface area contributed by atoms with Gasteiger partial charge >= 0.3 is 0 Å².